The number of benzene rings is 1. The van der Waals surface area contributed by atoms with Crippen LogP contribution in [0.2, 0.25) is 0 Å². The molecule has 12 heavy (non-hydrogen) atoms. The molecule has 0 saturated carbocycles. The highest BCUT2D eigenvalue weighted by molar-refractivity contribution is 5.30. The van der Waals surface area contributed by atoms with Gasteiger partial charge in [-0.05, 0) is 31.2 Å². The normalized spacial score (nSPS) is 12.1. The summed E-state index contributed by atoms with van der Waals surface area (Å²) in [5.41, 5.74) is 0. The summed E-state index contributed by atoms with van der Waals surface area (Å²) in [5, 5.41) is 8.97. The Morgan fingerprint density at radius 2 is 2.00 bits per heavy atom. The van der Waals surface area contributed by atoms with Gasteiger partial charge in [0.1, 0.15) is 17.6 Å². The molecule has 1 rings (SSSR count). The van der Waals surface area contributed by atoms with Gasteiger partial charge in [-0.15, -0.1) is 0 Å². The van der Waals surface area contributed by atoms with Crippen LogP contribution >= 0.6 is 0 Å². The second-order valence-corrected chi connectivity index (χ2v) is 2.55. The van der Waals surface area contributed by atoms with Gasteiger partial charge in [-0.2, -0.15) is 0 Å². The minimum atomic E-state index is -0.00505. The highest BCUT2D eigenvalue weighted by Gasteiger charge is 1.97. The Bertz CT molecular complexity index is 251. The molecule has 0 heterocycles. The van der Waals surface area contributed by atoms with Crippen LogP contribution in [-0.4, -0.2) is 11.2 Å². The molecule has 2 heteroatoms. The maximum Gasteiger partial charge on any atom is 0.120 e. The molecule has 1 atom stereocenters. The number of phenolic OH excluding ortho intramolecular Hbond substituents is 1. The first kappa shape index (κ1) is 8.65. The molecule has 2 nitrogen and oxygen atoms in total. The van der Waals surface area contributed by atoms with Crippen molar-refractivity contribution in [3.05, 3.63) is 36.9 Å². The quantitative estimate of drug-likeness (QED) is 0.695. The lowest BCUT2D eigenvalue weighted by Gasteiger charge is -2.09. The molecule has 0 aliphatic carbocycles. The first-order valence-corrected chi connectivity index (χ1v) is 3.80. The van der Waals surface area contributed by atoms with Gasteiger partial charge < -0.3 is 9.84 Å². The van der Waals surface area contributed by atoms with E-state index in [0.29, 0.717) is 0 Å². The number of hydrogen-bond donors (Lipinski definition) is 1. The first-order chi connectivity index (χ1) is 5.72. The van der Waals surface area contributed by atoms with Crippen molar-refractivity contribution in [1.82, 2.24) is 0 Å². The Balaban J connectivity index is 2.64. The fourth-order valence-corrected chi connectivity index (χ4v) is 0.787. The molecule has 0 aliphatic rings. The van der Waals surface area contributed by atoms with Gasteiger partial charge in [0, 0.05) is 0 Å². The SMILES string of the molecule is C=CC(C)Oc1ccc(O)cc1. The lowest BCUT2D eigenvalue weighted by atomic mass is 10.3. The van der Waals surface area contributed by atoms with Gasteiger partial charge in [-0.1, -0.05) is 12.7 Å². The summed E-state index contributed by atoms with van der Waals surface area (Å²) in [4.78, 5) is 0. The van der Waals surface area contributed by atoms with Crippen molar-refractivity contribution >= 4 is 0 Å². The Morgan fingerprint density at radius 3 is 2.50 bits per heavy atom. The third-order valence-corrected chi connectivity index (χ3v) is 1.49. The number of hydrogen-bond acceptors (Lipinski definition) is 2. The second-order valence-electron chi connectivity index (χ2n) is 2.55. The smallest absolute Gasteiger partial charge is 0.120 e. The molecule has 0 aromatic heterocycles. The maximum atomic E-state index is 8.97. The van der Waals surface area contributed by atoms with Crippen molar-refractivity contribution < 1.29 is 9.84 Å². The summed E-state index contributed by atoms with van der Waals surface area (Å²) in [6, 6.07) is 6.61. The topological polar surface area (TPSA) is 29.5 Å². The van der Waals surface area contributed by atoms with Gasteiger partial charge in [0.05, 0.1) is 0 Å². The third kappa shape index (κ3) is 2.31. The van der Waals surface area contributed by atoms with Crippen LogP contribution in [0.4, 0.5) is 0 Å². The fraction of sp³-hybridized carbons (Fsp3) is 0.200. The van der Waals surface area contributed by atoms with E-state index in [9.17, 15) is 0 Å². The van der Waals surface area contributed by atoms with Gasteiger partial charge in [0.25, 0.3) is 0 Å². The predicted molar refractivity (Wildman–Crippen MR) is 48.4 cm³/mol. The monoisotopic (exact) mass is 164 g/mol. The molecule has 0 aliphatic heterocycles. The molecule has 0 bridgehead atoms. The standard InChI is InChI=1S/C10H12O2/c1-3-8(2)12-10-6-4-9(11)5-7-10/h3-8,11H,1H2,2H3. The average Bonchev–Trinajstić information content (AvgIpc) is 2.09. The highest BCUT2D eigenvalue weighted by atomic mass is 16.5. The summed E-state index contributed by atoms with van der Waals surface area (Å²) in [6.45, 7) is 5.50. The average molecular weight is 164 g/mol. The highest BCUT2D eigenvalue weighted by Crippen LogP contribution is 2.17. The van der Waals surface area contributed by atoms with E-state index in [1.54, 1.807) is 30.3 Å². The summed E-state index contributed by atoms with van der Waals surface area (Å²) >= 11 is 0. The number of phenols is 1. The van der Waals surface area contributed by atoms with E-state index < -0.39 is 0 Å². The van der Waals surface area contributed by atoms with Crippen molar-refractivity contribution in [2.24, 2.45) is 0 Å². The molecule has 64 valence electrons. The van der Waals surface area contributed by atoms with E-state index in [1.165, 1.54) is 0 Å². The summed E-state index contributed by atoms with van der Waals surface area (Å²) in [5.74, 6) is 0.980. The molecule has 0 spiro atoms. The van der Waals surface area contributed by atoms with Crippen molar-refractivity contribution in [3.63, 3.8) is 0 Å². The molecular weight excluding hydrogens is 152 g/mol. The van der Waals surface area contributed by atoms with Gasteiger partial charge in [-0.25, -0.2) is 0 Å². The van der Waals surface area contributed by atoms with E-state index >= 15 is 0 Å². The Morgan fingerprint density at radius 1 is 1.42 bits per heavy atom. The molecule has 1 N–H and O–H groups in total. The summed E-state index contributed by atoms with van der Waals surface area (Å²) < 4.78 is 5.39. The molecule has 1 aromatic rings. The second kappa shape index (κ2) is 3.81. The Labute approximate surface area is 72.1 Å². The van der Waals surface area contributed by atoms with Crippen molar-refractivity contribution in [3.8, 4) is 11.5 Å². The molecule has 0 radical (unpaired) electrons. The predicted octanol–water partition coefficient (Wildman–Crippen LogP) is 2.35. The molecule has 0 fully saturated rings. The van der Waals surface area contributed by atoms with E-state index in [0.717, 1.165) is 5.75 Å². The maximum absolute atomic E-state index is 8.97. The number of aromatic hydroxyl groups is 1. The van der Waals surface area contributed by atoms with Crippen LogP contribution in [0.5, 0.6) is 11.5 Å². The molecule has 0 saturated heterocycles. The van der Waals surface area contributed by atoms with Gasteiger partial charge in [-0.3, -0.25) is 0 Å². The van der Waals surface area contributed by atoms with E-state index in [2.05, 4.69) is 6.58 Å². The molecule has 1 aromatic carbocycles. The van der Waals surface area contributed by atoms with Crippen LogP contribution < -0.4 is 4.74 Å². The minimum Gasteiger partial charge on any atom is -0.508 e. The lowest BCUT2D eigenvalue weighted by Crippen LogP contribution is -2.06. The van der Waals surface area contributed by atoms with Crippen LogP contribution in [0.3, 0.4) is 0 Å². The third-order valence-electron chi connectivity index (χ3n) is 1.49. The van der Waals surface area contributed by atoms with Gasteiger partial charge in [0.2, 0.25) is 0 Å². The van der Waals surface area contributed by atoms with E-state index in [4.69, 9.17) is 9.84 Å². The van der Waals surface area contributed by atoms with Crippen LogP contribution in [0, 0.1) is 0 Å². The van der Waals surface area contributed by atoms with Crippen LogP contribution in [0.1, 0.15) is 6.92 Å². The van der Waals surface area contributed by atoms with Crippen LogP contribution in [-0.2, 0) is 0 Å². The summed E-state index contributed by atoms with van der Waals surface area (Å²) in [7, 11) is 0. The molecule has 1 unspecified atom stereocenters. The van der Waals surface area contributed by atoms with Crippen LogP contribution in [0.25, 0.3) is 0 Å². The Kier molecular flexibility index (Phi) is 2.75. The summed E-state index contributed by atoms with van der Waals surface area (Å²) in [6.07, 6.45) is 1.71. The Hall–Kier alpha value is -1.44. The zero-order valence-electron chi connectivity index (χ0n) is 7.03. The first-order valence-electron chi connectivity index (χ1n) is 3.80. The van der Waals surface area contributed by atoms with Crippen molar-refractivity contribution in [1.29, 1.82) is 0 Å². The fourth-order valence-electron chi connectivity index (χ4n) is 0.787. The zero-order chi connectivity index (χ0) is 8.97. The van der Waals surface area contributed by atoms with Crippen LogP contribution in [0.15, 0.2) is 36.9 Å². The van der Waals surface area contributed by atoms with Gasteiger partial charge >= 0.3 is 0 Å². The van der Waals surface area contributed by atoms with Gasteiger partial charge in [0.15, 0.2) is 0 Å². The lowest BCUT2D eigenvalue weighted by molar-refractivity contribution is 0.270. The number of rotatable bonds is 3. The largest absolute Gasteiger partial charge is 0.508 e. The zero-order valence-corrected chi connectivity index (χ0v) is 7.03. The molecular formula is C10H12O2. The minimum absolute atomic E-state index is 0.00505. The molecule has 0 amide bonds. The van der Waals surface area contributed by atoms with Crippen molar-refractivity contribution in [2.75, 3.05) is 0 Å². The van der Waals surface area contributed by atoms with Crippen molar-refractivity contribution in [2.45, 2.75) is 13.0 Å². The van der Waals surface area contributed by atoms with E-state index in [1.807, 2.05) is 6.92 Å². The number of ether oxygens (including phenoxy) is 1. The van der Waals surface area contributed by atoms with E-state index in [-0.39, 0.29) is 11.9 Å².